The van der Waals surface area contributed by atoms with Crippen LogP contribution in [0.15, 0.2) is 12.7 Å². The molecule has 2 N–H and O–H groups in total. The summed E-state index contributed by atoms with van der Waals surface area (Å²) in [6.07, 6.45) is 3.33. The SMILES string of the molecule is N[C@@H]1COC[C@@H]1n1cnnc1. The van der Waals surface area contributed by atoms with Crippen LogP contribution >= 0.6 is 0 Å². The van der Waals surface area contributed by atoms with Crippen LogP contribution in [-0.4, -0.2) is 34.0 Å². The van der Waals surface area contributed by atoms with E-state index < -0.39 is 0 Å². The van der Waals surface area contributed by atoms with Gasteiger partial charge in [-0.2, -0.15) is 0 Å². The van der Waals surface area contributed by atoms with Crippen molar-refractivity contribution in [3.05, 3.63) is 12.7 Å². The summed E-state index contributed by atoms with van der Waals surface area (Å²) in [6, 6.07) is 0.288. The molecule has 2 heterocycles. The van der Waals surface area contributed by atoms with Crippen LogP contribution in [0.5, 0.6) is 0 Å². The predicted octanol–water partition coefficient (Wildman–Crippen LogP) is -0.823. The Kier molecular flexibility index (Phi) is 1.59. The van der Waals surface area contributed by atoms with Crippen molar-refractivity contribution in [2.45, 2.75) is 12.1 Å². The van der Waals surface area contributed by atoms with Crippen molar-refractivity contribution < 1.29 is 4.74 Å². The van der Waals surface area contributed by atoms with Crippen LogP contribution in [0.4, 0.5) is 0 Å². The maximum atomic E-state index is 5.77. The molecule has 0 saturated carbocycles. The van der Waals surface area contributed by atoms with Gasteiger partial charge in [0.05, 0.1) is 25.3 Å². The Hall–Kier alpha value is -0.940. The van der Waals surface area contributed by atoms with E-state index >= 15 is 0 Å². The fourth-order valence-electron chi connectivity index (χ4n) is 1.25. The Morgan fingerprint density at radius 1 is 1.36 bits per heavy atom. The molecule has 0 unspecified atom stereocenters. The van der Waals surface area contributed by atoms with E-state index in [9.17, 15) is 0 Å². The molecule has 5 nitrogen and oxygen atoms in total. The second-order valence-electron chi connectivity index (χ2n) is 2.68. The van der Waals surface area contributed by atoms with Crippen LogP contribution in [0.3, 0.4) is 0 Å². The predicted molar refractivity (Wildman–Crippen MR) is 37.9 cm³/mol. The maximum absolute atomic E-state index is 5.77. The van der Waals surface area contributed by atoms with Gasteiger partial charge in [0.1, 0.15) is 12.7 Å². The highest BCUT2D eigenvalue weighted by Gasteiger charge is 2.25. The third-order valence-electron chi connectivity index (χ3n) is 1.91. The second-order valence-corrected chi connectivity index (χ2v) is 2.68. The number of aromatic nitrogens is 3. The van der Waals surface area contributed by atoms with E-state index in [2.05, 4.69) is 10.2 Å². The lowest BCUT2D eigenvalue weighted by atomic mass is 10.2. The normalized spacial score (nSPS) is 31.0. The second kappa shape index (κ2) is 2.60. The topological polar surface area (TPSA) is 66.0 Å². The van der Waals surface area contributed by atoms with Gasteiger partial charge in [0.2, 0.25) is 0 Å². The lowest BCUT2D eigenvalue weighted by molar-refractivity contribution is 0.185. The summed E-state index contributed by atoms with van der Waals surface area (Å²) in [5.74, 6) is 0. The zero-order valence-electron chi connectivity index (χ0n) is 6.05. The molecule has 1 aromatic rings. The molecule has 60 valence electrons. The summed E-state index contributed by atoms with van der Waals surface area (Å²) < 4.78 is 7.08. The smallest absolute Gasteiger partial charge is 0.119 e. The zero-order valence-corrected chi connectivity index (χ0v) is 6.05. The minimum Gasteiger partial charge on any atom is -0.378 e. The summed E-state index contributed by atoms with van der Waals surface area (Å²) in [6.45, 7) is 1.29. The number of hydrogen-bond donors (Lipinski definition) is 1. The van der Waals surface area contributed by atoms with Gasteiger partial charge in [0, 0.05) is 0 Å². The molecule has 0 aromatic carbocycles. The summed E-state index contributed by atoms with van der Waals surface area (Å²) >= 11 is 0. The van der Waals surface area contributed by atoms with Gasteiger partial charge in [-0.25, -0.2) is 0 Å². The molecule has 0 amide bonds. The summed E-state index contributed by atoms with van der Waals surface area (Å²) in [4.78, 5) is 0. The van der Waals surface area contributed by atoms with Crippen LogP contribution in [0, 0.1) is 0 Å². The molecule has 1 aliphatic rings. The third-order valence-corrected chi connectivity index (χ3v) is 1.91. The van der Waals surface area contributed by atoms with Crippen molar-refractivity contribution in [1.82, 2.24) is 14.8 Å². The molecular weight excluding hydrogens is 144 g/mol. The van der Waals surface area contributed by atoms with Gasteiger partial charge in [-0.05, 0) is 0 Å². The Labute approximate surface area is 64.2 Å². The minimum absolute atomic E-state index is 0.0750. The van der Waals surface area contributed by atoms with E-state index in [1.165, 1.54) is 0 Å². The van der Waals surface area contributed by atoms with Crippen molar-refractivity contribution in [2.24, 2.45) is 5.73 Å². The Morgan fingerprint density at radius 2 is 2.09 bits per heavy atom. The molecule has 0 aliphatic carbocycles. The first kappa shape index (κ1) is 6.75. The van der Waals surface area contributed by atoms with Crippen molar-refractivity contribution in [3.63, 3.8) is 0 Å². The largest absolute Gasteiger partial charge is 0.378 e. The van der Waals surface area contributed by atoms with Crippen molar-refractivity contribution >= 4 is 0 Å². The molecule has 5 heteroatoms. The molecule has 2 atom stereocenters. The molecular formula is C6H10N4O. The minimum atomic E-state index is 0.0750. The molecule has 0 radical (unpaired) electrons. The van der Waals surface area contributed by atoms with Gasteiger partial charge in [-0.1, -0.05) is 0 Å². The van der Waals surface area contributed by atoms with Crippen LogP contribution in [0.1, 0.15) is 6.04 Å². The van der Waals surface area contributed by atoms with E-state index in [0.717, 1.165) is 0 Å². The molecule has 1 fully saturated rings. The lowest BCUT2D eigenvalue weighted by Gasteiger charge is -2.12. The molecule has 0 spiro atoms. The molecule has 11 heavy (non-hydrogen) atoms. The first-order valence-corrected chi connectivity index (χ1v) is 3.55. The number of ether oxygens (including phenoxy) is 1. The van der Waals surface area contributed by atoms with E-state index in [1.807, 2.05) is 4.57 Å². The van der Waals surface area contributed by atoms with Gasteiger partial charge in [-0.15, -0.1) is 10.2 Å². The van der Waals surface area contributed by atoms with Crippen molar-refractivity contribution in [1.29, 1.82) is 0 Å². The highest BCUT2D eigenvalue weighted by Crippen LogP contribution is 2.16. The first-order valence-electron chi connectivity index (χ1n) is 3.55. The number of hydrogen-bond acceptors (Lipinski definition) is 4. The third kappa shape index (κ3) is 1.12. The van der Waals surface area contributed by atoms with Gasteiger partial charge in [0.15, 0.2) is 0 Å². The van der Waals surface area contributed by atoms with E-state index in [0.29, 0.717) is 13.2 Å². The first-order chi connectivity index (χ1) is 5.38. The van der Waals surface area contributed by atoms with E-state index in [-0.39, 0.29) is 12.1 Å². The molecule has 1 saturated heterocycles. The van der Waals surface area contributed by atoms with Gasteiger partial charge in [0.25, 0.3) is 0 Å². The Bertz CT molecular complexity index is 222. The summed E-state index contributed by atoms with van der Waals surface area (Å²) in [5, 5.41) is 7.41. The number of rotatable bonds is 1. The van der Waals surface area contributed by atoms with Gasteiger partial charge >= 0.3 is 0 Å². The van der Waals surface area contributed by atoms with Crippen molar-refractivity contribution in [3.8, 4) is 0 Å². The highest BCUT2D eigenvalue weighted by atomic mass is 16.5. The Morgan fingerprint density at radius 3 is 2.64 bits per heavy atom. The molecule has 0 bridgehead atoms. The molecule has 2 rings (SSSR count). The molecule has 1 aromatic heterocycles. The number of nitrogens with zero attached hydrogens (tertiary/aromatic N) is 3. The average molecular weight is 154 g/mol. The maximum Gasteiger partial charge on any atom is 0.119 e. The fourth-order valence-corrected chi connectivity index (χ4v) is 1.25. The fraction of sp³-hybridized carbons (Fsp3) is 0.667. The average Bonchev–Trinajstić information content (AvgIpc) is 2.55. The lowest BCUT2D eigenvalue weighted by Crippen LogP contribution is -2.30. The standard InChI is InChI=1S/C6H10N4O/c7-5-1-11-2-6(5)10-3-8-9-4-10/h3-6H,1-2,7H2/t5-,6+/m1/s1. The van der Waals surface area contributed by atoms with Gasteiger partial charge < -0.3 is 15.0 Å². The summed E-state index contributed by atoms with van der Waals surface area (Å²) in [7, 11) is 0. The van der Waals surface area contributed by atoms with Crippen LogP contribution in [0.25, 0.3) is 0 Å². The van der Waals surface area contributed by atoms with Gasteiger partial charge in [-0.3, -0.25) is 0 Å². The van der Waals surface area contributed by atoms with Crippen LogP contribution < -0.4 is 5.73 Å². The van der Waals surface area contributed by atoms with Crippen molar-refractivity contribution in [2.75, 3.05) is 13.2 Å². The molecule has 1 aliphatic heterocycles. The highest BCUT2D eigenvalue weighted by molar-refractivity contribution is 4.85. The van der Waals surface area contributed by atoms with E-state index in [1.54, 1.807) is 12.7 Å². The van der Waals surface area contributed by atoms with Crippen LogP contribution in [0.2, 0.25) is 0 Å². The van der Waals surface area contributed by atoms with Crippen LogP contribution in [-0.2, 0) is 4.74 Å². The quantitative estimate of drug-likeness (QED) is 0.573. The summed E-state index contributed by atoms with van der Waals surface area (Å²) in [5.41, 5.74) is 5.77. The monoisotopic (exact) mass is 154 g/mol. The van der Waals surface area contributed by atoms with E-state index in [4.69, 9.17) is 10.5 Å². The zero-order chi connectivity index (χ0) is 7.68. The Balaban J connectivity index is 2.16. The number of nitrogens with two attached hydrogens (primary N) is 1.